The minimum absolute atomic E-state index is 0.0325. The van der Waals surface area contributed by atoms with Crippen molar-refractivity contribution in [2.45, 2.75) is 51.6 Å². The number of rotatable bonds is 4. The Kier molecular flexibility index (Phi) is 5.15. The number of ether oxygens (including phenoxy) is 1. The molecule has 1 aromatic rings. The second-order valence-corrected chi connectivity index (χ2v) is 6.72. The third-order valence-electron chi connectivity index (χ3n) is 3.80. The Labute approximate surface area is 128 Å². The monoisotopic (exact) mass is 344 g/mol. The summed E-state index contributed by atoms with van der Waals surface area (Å²) in [6.45, 7) is 4.26. The van der Waals surface area contributed by atoms with E-state index in [2.05, 4.69) is 39.7 Å². The van der Waals surface area contributed by atoms with Gasteiger partial charge in [-0.15, -0.1) is 0 Å². The molecule has 0 saturated heterocycles. The highest BCUT2D eigenvalue weighted by atomic mass is 79.9. The van der Waals surface area contributed by atoms with Crippen LogP contribution in [0, 0.1) is 10.6 Å². The summed E-state index contributed by atoms with van der Waals surface area (Å²) >= 11 is 8.98. The van der Waals surface area contributed by atoms with Crippen molar-refractivity contribution in [3.8, 4) is 0 Å². The van der Waals surface area contributed by atoms with Gasteiger partial charge >= 0.3 is 0 Å². The van der Waals surface area contributed by atoms with E-state index in [1.807, 2.05) is 0 Å². The molecular weight excluding hydrogens is 324 g/mol. The Morgan fingerprint density at radius 1 is 1.37 bits per heavy atom. The molecule has 1 aromatic heterocycles. The van der Waals surface area contributed by atoms with Crippen LogP contribution < -0.4 is 0 Å². The first-order chi connectivity index (χ1) is 9.04. The maximum absolute atomic E-state index is 5.55. The summed E-state index contributed by atoms with van der Waals surface area (Å²) in [6, 6.07) is 0. The average molecular weight is 345 g/mol. The highest BCUT2D eigenvalue weighted by molar-refractivity contribution is 9.10. The lowest BCUT2D eigenvalue weighted by Gasteiger charge is -2.21. The number of aromatic amines is 1. The molecule has 1 aliphatic rings. The summed E-state index contributed by atoms with van der Waals surface area (Å²) in [4.78, 5) is 7.96. The van der Waals surface area contributed by atoms with E-state index in [0.717, 1.165) is 10.3 Å². The molecule has 1 heterocycles. The van der Waals surface area contributed by atoms with Crippen LogP contribution in [0.4, 0.5) is 0 Å². The molecule has 3 nitrogen and oxygen atoms in total. The summed E-state index contributed by atoms with van der Waals surface area (Å²) in [5.41, 5.74) is 1.20. The minimum atomic E-state index is -0.0325. The lowest BCUT2D eigenvalue weighted by atomic mass is 10.0. The maximum Gasteiger partial charge on any atom is 0.144 e. The van der Waals surface area contributed by atoms with Crippen LogP contribution in [0.1, 0.15) is 63.1 Å². The van der Waals surface area contributed by atoms with Gasteiger partial charge in [0.05, 0.1) is 4.47 Å². The smallest absolute Gasteiger partial charge is 0.144 e. The number of hydrogen-bond acceptors (Lipinski definition) is 3. The molecule has 106 valence electrons. The van der Waals surface area contributed by atoms with Gasteiger partial charge in [0.25, 0.3) is 0 Å². The fourth-order valence-corrected chi connectivity index (χ4v) is 3.54. The molecule has 2 rings (SSSR count). The third-order valence-corrected chi connectivity index (χ3v) is 5.16. The van der Waals surface area contributed by atoms with Crippen LogP contribution in [0.25, 0.3) is 0 Å². The summed E-state index contributed by atoms with van der Waals surface area (Å²) in [5, 5.41) is 0. The Morgan fingerprint density at radius 3 is 2.53 bits per heavy atom. The molecule has 1 aliphatic carbocycles. The van der Waals surface area contributed by atoms with Crippen molar-refractivity contribution in [3.63, 3.8) is 0 Å². The molecule has 0 radical (unpaired) electrons. The Balaban J connectivity index is 2.43. The predicted molar refractivity (Wildman–Crippen MR) is 82.9 cm³/mol. The zero-order valence-corrected chi connectivity index (χ0v) is 14.1. The Hall–Kier alpha value is -0.260. The largest absolute Gasteiger partial charge is 0.373 e. The summed E-state index contributed by atoms with van der Waals surface area (Å²) in [5.74, 6) is 1.79. The van der Waals surface area contributed by atoms with Gasteiger partial charge in [-0.05, 0) is 34.7 Å². The fraction of sp³-hybridized carbons (Fsp3) is 0.714. The van der Waals surface area contributed by atoms with E-state index in [4.69, 9.17) is 17.0 Å². The lowest BCUT2D eigenvalue weighted by molar-refractivity contribution is 0.0571. The molecule has 1 N–H and O–H groups in total. The van der Waals surface area contributed by atoms with Crippen molar-refractivity contribution < 1.29 is 4.74 Å². The van der Waals surface area contributed by atoms with Gasteiger partial charge in [-0.25, -0.2) is 4.98 Å². The van der Waals surface area contributed by atoms with Crippen molar-refractivity contribution in [2.24, 2.45) is 5.92 Å². The maximum atomic E-state index is 5.55. The van der Waals surface area contributed by atoms with Gasteiger partial charge in [0, 0.05) is 18.7 Å². The molecular formula is C14H21BrN2OS. The molecule has 0 aromatic carbocycles. The number of H-pyrrole nitrogens is 1. The number of nitrogens with zero attached hydrogens (tertiary/aromatic N) is 1. The van der Waals surface area contributed by atoms with Gasteiger partial charge in [-0.2, -0.15) is 0 Å². The van der Waals surface area contributed by atoms with Crippen molar-refractivity contribution in [1.29, 1.82) is 0 Å². The van der Waals surface area contributed by atoms with E-state index in [0.29, 0.717) is 16.5 Å². The van der Waals surface area contributed by atoms with Crippen molar-refractivity contribution in [2.75, 3.05) is 7.11 Å². The molecule has 19 heavy (non-hydrogen) atoms. The number of aromatic nitrogens is 2. The number of methoxy groups -OCH3 is 1. The molecule has 5 heteroatoms. The molecule has 0 spiro atoms. The lowest BCUT2D eigenvalue weighted by Crippen LogP contribution is -2.15. The molecule has 0 bridgehead atoms. The second kappa shape index (κ2) is 6.46. The zero-order chi connectivity index (χ0) is 14.0. The first-order valence-corrected chi connectivity index (χ1v) is 8.07. The van der Waals surface area contributed by atoms with Crippen LogP contribution in [0.5, 0.6) is 0 Å². The quantitative estimate of drug-likeness (QED) is 0.789. The van der Waals surface area contributed by atoms with E-state index in [-0.39, 0.29) is 6.10 Å². The molecule has 1 saturated carbocycles. The van der Waals surface area contributed by atoms with Gasteiger partial charge in [0.2, 0.25) is 0 Å². The van der Waals surface area contributed by atoms with Gasteiger partial charge in [-0.1, -0.05) is 38.9 Å². The van der Waals surface area contributed by atoms with Crippen molar-refractivity contribution in [1.82, 2.24) is 9.97 Å². The van der Waals surface area contributed by atoms with Gasteiger partial charge < -0.3 is 9.72 Å². The van der Waals surface area contributed by atoms with E-state index in [9.17, 15) is 0 Å². The second-order valence-electron chi connectivity index (χ2n) is 5.54. The van der Waals surface area contributed by atoms with E-state index < -0.39 is 0 Å². The molecule has 1 fully saturated rings. The zero-order valence-electron chi connectivity index (χ0n) is 11.7. The first-order valence-electron chi connectivity index (χ1n) is 6.87. The molecule has 1 atom stereocenters. The van der Waals surface area contributed by atoms with Gasteiger partial charge in [0.1, 0.15) is 16.6 Å². The standard InChI is InChI=1S/C14H21BrN2OS/c1-8(2)12(18-3)13-16-11(9-6-4-5-7-9)10(15)14(19)17-13/h8-9,12H,4-7H2,1-3H3,(H,16,17,19). The fourth-order valence-electron chi connectivity index (χ4n) is 2.82. The highest BCUT2D eigenvalue weighted by Crippen LogP contribution is 2.37. The topological polar surface area (TPSA) is 37.9 Å². The summed E-state index contributed by atoms with van der Waals surface area (Å²) in [6.07, 6.45) is 5.02. The van der Waals surface area contributed by atoms with E-state index >= 15 is 0 Å². The van der Waals surface area contributed by atoms with Gasteiger partial charge in [-0.3, -0.25) is 0 Å². The number of halogens is 1. The molecule has 0 amide bonds. The normalized spacial score (nSPS) is 18.2. The van der Waals surface area contributed by atoms with Gasteiger partial charge in [0.15, 0.2) is 0 Å². The van der Waals surface area contributed by atoms with E-state index in [1.165, 1.54) is 31.4 Å². The van der Waals surface area contributed by atoms with Crippen LogP contribution >= 0.6 is 28.1 Å². The summed E-state index contributed by atoms with van der Waals surface area (Å²) < 4.78 is 7.15. The molecule has 1 unspecified atom stereocenters. The third kappa shape index (κ3) is 3.26. The van der Waals surface area contributed by atoms with Crippen LogP contribution in [-0.4, -0.2) is 17.1 Å². The van der Waals surface area contributed by atoms with Crippen LogP contribution in [0.15, 0.2) is 4.47 Å². The summed E-state index contributed by atoms with van der Waals surface area (Å²) in [7, 11) is 1.72. The highest BCUT2D eigenvalue weighted by Gasteiger charge is 2.24. The number of nitrogens with one attached hydrogen (secondary N) is 1. The Morgan fingerprint density at radius 2 is 2.00 bits per heavy atom. The predicted octanol–water partition coefficient (Wildman–Crippen LogP) is 4.90. The SMILES string of the molecule is COC(c1nc(=S)c(Br)c(C2CCCC2)[nH]1)C(C)C. The first kappa shape index (κ1) is 15.1. The average Bonchev–Trinajstić information content (AvgIpc) is 2.87. The van der Waals surface area contributed by atoms with Crippen molar-refractivity contribution >= 4 is 28.1 Å². The van der Waals surface area contributed by atoms with Crippen LogP contribution in [0.2, 0.25) is 0 Å². The van der Waals surface area contributed by atoms with E-state index in [1.54, 1.807) is 7.11 Å². The van der Waals surface area contributed by atoms with Crippen LogP contribution in [0.3, 0.4) is 0 Å². The van der Waals surface area contributed by atoms with Crippen molar-refractivity contribution in [3.05, 3.63) is 20.6 Å². The Bertz CT molecular complexity index is 495. The number of hydrogen-bond donors (Lipinski definition) is 1. The van der Waals surface area contributed by atoms with Crippen LogP contribution in [-0.2, 0) is 4.74 Å². The molecule has 0 aliphatic heterocycles. The minimum Gasteiger partial charge on any atom is -0.373 e.